The molecule has 0 aromatic carbocycles. The number of hydrogen-bond acceptors (Lipinski definition) is 2. The van der Waals surface area contributed by atoms with Crippen LogP contribution in [0.4, 0.5) is 0 Å². The summed E-state index contributed by atoms with van der Waals surface area (Å²) in [6.07, 6.45) is 0. The summed E-state index contributed by atoms with van der Waals surface area (Å²) in [5.74, 6) is 0.179. The molecule has 1 aliphatic rings. The minimum Gasteiger partial charge on any atom is -0.405 e. The van der Waals surface area contributed by atoms with E-state index in [0.29, 0.717) is 0 Å². The van der Waals surface area contributed by atoms with Crippen LogP contribution >= 0.6 is 0 Å². The lowest BCUT2D eigenvalue weighted by atomic mass is 9.71. The molecular weight excluding hydrogens is 206 g/mol. The summed E-state index contributed by atoms with van der Waals surface area (Å²) >= 11 is 0. The van der Waals surface area contributed by atoms with Gasteiger partial charge in [0.2, 0.25) is 0 Å². The van der Waals surface area contributed by atoms with E-state index in [4.69, 9.17) is 4.43 Å². The van der Waals surface area contributed by atoms with E-state index in [1.165, 1.54) is 0 Å². The van der Waals surface area contributed by atoms with Gasteiger partial charge in [-0.1, -0.05) is 20.8 Å². The first kappa shape index (κ1) is 12.7. The summed E-state index contributed by atoms with van der Waals surface area (Å²) < 4.78 is 6.03. The van der Waals surface area contributed by atoms with E-state index in [1.54, 1.807) is 0 Å². The molecule has 0 aromatic heterocycles. The molecule has 0 bridgehead atoms. The minimum absolute atomic E-state index is 0.104. The maximum absolute atomic E-state index is 12.1. The summed E-state index contributed by atoms with van der Waals surface area (Å²) in [6, 6.07) is 0. The second kappa shape index (κ2) is 3.90. The van der Waals surface area contributed by atoms with Gasteiger partial charge < -0.3 is 9.33 Å². The highest BCUT2D eigenvalue weighted by atomic mass is 28.3. The molecule has 15 heavy (non-hydrogen) atoms. The average Bonchev–Trinajstić information content (AvgIpc) is 2.08. The molecule has 0 spiro atoms. The molecule has 4 heteroatoms. The highest BCUT2D eigenvalue weighted by Gasteiger charge is 2.59. The Labute approximate surface area is 94.5 Å². The van der Waals surface area contributed by atoms with Gasteiger partial charge in [0.1, 0.15) is 0 Å². The van der Waals surface area contributed by atoms with Gasteiger partial charge in [-0.15, -0.1) is 0 Å². The molecule has 0 saturated carbocycles. The van der Waals surface area contributed by atoms with Crippen LogP contribution in [-0.4, -0.2) is 38.5 Å². The van der Waals surface area contributed by atoms with E-state index < -0.39 is 14.6 Å². The number of nitrogens with zero attached hydrogens (tertiary/aromatic N) is 1. The monoisotopic (exact) mass is 229 g/mol. The highest BCUT2D eigenvalue weighted by molar-refractivity contribution is 6.49. The summed E-state index contributed by atoms with van der Waals surface area (Å²) in [7, 11) is -1.19. The Kier molecular flexibility index (Phi) is 3.31. The Balaban J connectivity index is 2.88. The van der Waals surface area contributed by atoms with Crippen molar-refractivity contribution in [3.05, 3.63) is 0 Å². The minimum atomic E-state index is -1.19. The number of carbonyl (C=O) groups is 1. The number of likely N-dealkylation sites (tertiary alicyclic amines) is 1. The zero-order valence-electron chi connectivity index (χ0n) is 10.8. The van der Waals surface area contributed by atoms with Crippen molar-refractivity contribution in [2.45, 2.75) is 46.4 Å². The van der Waals surface area contributed by atoms with E-state index in [1.807, 2.05) is 11.8 Å². The fraction of sp³-hybridized carbons (Fsp3) is 0.909. The molecule has 0 aromatic rings. The van der Waals surface area contributed by atoms with Crippen molar-refractivity contribution < 1.29 is 9.22 Å². The maximum atomic E-state index is 12.1. The van der Waals surface area contributed by atoms with Gasteiger partial charge in [-0.3, -0.25) is 4.79 Å². The van der Waals surface area contributed by atoms with Crippen LogP contribution in [0.2, 0.25) is 13.1 Å². The van der Waals surface area contributed by atoms with Crippen molar-refractivity contribution >= 4 is 14.9 Å². The first-order valence-corrected chi connectivity index (χ1v) is 8.50. The second-order valence-electron chi connectivity index (χ2n) is 5.56. The van der Waals surface area contributed by atoms with Crippen LogP contribution in [0.5, 0.6) is 0 Å². The molecule has 0 N–H and O–H groups in total. The van der Waals surface area contributed by atoms with Crippen molar-refractivity contribution in [1.29, 1.82) is 0 Å². The van der Waals surface area contributed by atoms with Gasteiger partial charge in [-0.2, -0.15) is 0 Å². The standard InChI is InChI=1S/C11H23NO2Si/c1-7-12-8-11(9(12)13,10(2,3)4)14-15(5)6/h15H,7-8H2,1-6H3. The third kappa shape index (κ3) is 1.97. The van der Waals surface area contributed by atoms with Crippen LogP contribution in [-0.2, 0) is 9.22 Å². The first-order valence-electron chi connectivity index (χ1n) is 5.72. The summed E-state index contributed by atoms with van der Waals surface area (Å²) in [5.41, 5.74) is -0.642. The molecule has 1 fully saturated rings. The predicted octanol–water partition coefficient (Wildman–Crippen LogP) is 1.63. The van der Waals surface area contributed by atoms with Crippen LogP contribution in [0.25, 0.3) is 0 Å². The van der Waals surface area contributed by atoms with Crippen molar-refractivity contribution in [3.8, 4) is 0 Å². The Hall–Kier alpha value is -0.353. The lowest BCUT2D eigenvalue weighted by Gasteiger charge is -2.55. The Morgan fingerprint density at radius 3 is 2.27 bits per heavy atom. The Bertz CT molecular complexity index is 260. The Morgan fingerprint density at radius 1 is 1.47 bits per heavy atom. The van der Waals surface area contributed by atoms with Crippen LogP contribution in [0.1, 0.15) is 27.7 Å². The van der Waals surface area contributed by atoms with Gasteiger partial charge in [0.05, 0.1) is 6.54 Å². The number of rotatable bonds is 3. The summed E-state index contributed by atoms with van der Waals surface area (Å²) in [4.78, 5) is 14.0. The highest BCUT2D eigenvalue weighted by Crippen LogP contribution is 2.42. The molecule has 1 amide bonds. The molecule has 1 rings (SSSR count). The van der Waals surface area contributed by atoms with E-state index in [9.17, 15) is 4.79 Å². The predicted molar refractivity (Wildman–Crippen MR) is 64.4 cm³/mol. The van der Waals surface area contributed by atoms with E-state index in [-0.39, 0.29) is 11.3 Å². The smallest absolute Gasteiger partial charge is 0.256 e. The van der Waals surface area contributed by atoms with Gasteiger partial charge in [-0.05, 0) is 20.0 Å². The topological polar surface area (TPSA) is 29.5 Å². The van der Waals surface area contributed by atoms with Crippen LogP contribution in [0, 0.1) is 5.41 Å². The van der Waals surface area contributed by atoms with Gasteiger partial charge >= 0.3 is 0 Å². The molecule has 0 radical (unpaired) electrons. The van der Waals surface area contributed by atoms with Gasteiger partial charge in [-0.25, -0.2) is 0 Å². The Morgan fingerprint density at radius 2 is 2.00 bits per heavy atom. The zero-order chi connectivity index (χ0) is 11.9. The zero-order valence-corrected chi connectivity index (χ0v) is 11.9. The van der Waals surface area contributed by atoms with Crippen molar-refractivity contribution in [1.82, 2.24) is 4.90 Å². The molecule has 1 atom stereocenters. The maximum Gasteiger partial charge on any atom is 0.256 e. The lowest BCUT2D eigenvalue weighted by molar-refractivity contribution is -0.187. The summed E-state index contributed by atoms with van der Waals surface area (Å²) in [6.45, 7) is 14.1. The average molecular weight is 229 g/mol. The third-order valence-electron chi connectivity index (χ3n) is 3.08. The molecule has 88 valence electrons. The van der Waals surface area contributed by atoms with Gasteiger partial charge in [0.25, 0.3) is 5.91 Å². The molecule has 1 unspecified atom stereocenters. The quantitative estimate of drug-likeness (QED) is 0.544. The third-order valence-corrected chi connectivity index (χ3v) is 3.95. The fourth-order valence-electron chi connectivity index (χ4n) is 2.05. The van der Waals surface area contributed by atoms with Gasteiger partial charge in [0.15, 0.2) is 14.6 Å². The number of likely N-dealkylation sites (N-methyl/N-ethyl adjacent to an activating group) is 1. The largest absolute Gasteiger partial charge is 0.405 e. The van der Waals surface area contributed by atoms with Crippen molar-refractivity contribution in [2.24, 2.45) is 5.41 Å². The number of amides is 1. The summed E-state index contributed by atoms with van der Waals surface area (Å²) in [5, 5.41) is 0. The first-order chi connectivity index (χ1) is 6.74. The number of β-lactam (4-membered cyclic amide) rings is 1. The lowest BCUT2D eigenvalue weighted by Crippen LogP contribution is -2.73. The molecule has 3 nitrogen and oxygen atoms in total. The number of hydrogen-bond donors (Lipinski definition) is 0. The molecule has 1 aliphatic heterocycles. The molecule has 1 heterocycles. The normalized spacial score (nSPS) is 27.1. The van der Waals surface area contributed by atoms with Crippen LogP contribution in [0.15, 0.2) is 0 Å². The second-order valence-corrected chi connectivity index (χ2v) is 7.90. The van der Waals surface area contributed by atoms with Crippen molar-refractivity contribution in [3.63, 3.8) is 0 Å². The number of carbonyl (C=O) groups excluding carboxylic acids is 1. The van der Waals surface area contributed by atoms with Crippen LogP contribution < -0.4 is 0 Å². The molecule has 0 aliphatic carbocycles. The van der Waals surface area contributed by atoms with Crippen molar-refractivity contribution in [2.75, 3.05) is 13.1 Å². The van der Waals surface area contributed by atoms with E-state index in [0.717, 1.165) is 13.1 Å². The molecular formula is C11H23NO2Si. The molecule has 1 saturated heterocycles. The van der Waals surface area contributed by atoms with E-state index in [2.05, 4.69) is 33.9 Å². The van der Waals surface area contributed by atoms with Gasteiger partial charge in [0, 0.05) is 12.0 Å². The van der Waals surface area contributed by atoms with Crippen LogP contribution in [0.3, 0.4) is 0 Å². The SMILES string of the molecule is CCN1CC(O[SiH](C)C)(C(C)(C)C)C1=O. The van der Waals surface area contributed by atoms with E-state index >= 15 is 0 Å². The fourth-order valence-corrected chi connectivity index (χ4v) is 3.39.